The van der Waals surface area contributed by atoms with E-state index in [2.05, 4.69) is 4.98 Å². The number of aromatic nitrogens is 1. The number of H-pyrrole nitrogens is 1. The summed E-state index contributed by atoms with van der Waals surface area (Å²) in [6.07, 6.45) is 4.01. The highest BCUT2D eigenvalue weighted by molar-refractivity contribution is 6.30. The first-order valence-electron chi connectivity index (χ1n) is 4.32. The van der Waals surface area contributed by atoms with Gasteiger partial charge in [0.15, 0.2) is 0 Å². The fraction of sp³-hybridized carbons (Fsp3) is 0.444. The molecule has 4 heteroatoms. The largest absolute Gasteiger partial charge is 0.327 e. The second-order valence-electron chi connectivity index (χ2n) is 3.47. The molecule has 0 spiro atoms. The smallest absolute Gasteiger partial charge is 0.266 e. The Kier molecular flexibility index (Phi) is 2.14. The van der Waals surface area contributed by atoms with E-state index in [-0.39, 0.29) is 16.6 Å². The Bertz CT molecular complexity index is 370. The Balaban J connectivity index is 2.29. The zero-order valence-electron chi connectivity index (χ0n) is 7.09. The third kappa shape index (κ3) is 1.76. The van der Waals surface area contributed by atoms with E-state index in [1.807, 2.05) is 0 Å². The summed E-state index contributed by atoms with van der Waals surface area (Å²) in [6.45, 7) is 0. The third-order valence-corrected chi connectivity index (χ3v) is 2.68. The normalized spacial score (nSPS) is 18.6. The highest BCUT2D eigenvalue weighted by Crippen LogP contribution is 2.39. The van der Waals surface area contributed by atoms with Gasteiger partial charge in [0, 0.05) is 12.2 Å². The van der Waals surface area contributed by atoms with E-state index in [0.29, 0.717) is 5.92 Å². The second-order valence-corrected chi connectivity index (χ2v) is 3.88. The van der Waals surface area contributed by atoms with Gasteiger partial charge < -0.3 is 10.7 Å². The maximum absolute atomic E-state index is 11.0. The molecule has 0 aliphatic heterocycles. The number of pyridine rings is 1. The second kappa shape index (κ2) is 3.16. The summed E-state index contributed by atoms with van der Waals surface area (Å²) in [6, 6.07) is 1.68. The molecule has 1 unspecified atom stereocenters. The van der Waals surface area contributed by atoms with Crippen LogP contribution < -0.4 is 11.3 Å². The van der Waals surface area contributed by atoms with Crippen LogP contribution in [0.3, 0.4) is 0 Å². The molecule has 0 bridgehead atoms. The molecule has 1 heterocycles. The first-order valence-corrected chi connectivity index (χ1v) is 4.70. The van der Waals surface area contributed by atoms with Crippen LogP contribution in [0.15, 0.2) is 17.1 Å². The van der Waals surface area contributed by atoms with Crippen molar-refractivity contribution in [3.63, 3.8) is 0 Å². The number of nitrogens with one attached hydrogen (secondary N) is 1. The lowest BCUT2D eigenvalue weighted by molar-refractivity contribution is 0.630. The molecule has 1 aliphatic carbocycles. The summed E-state index contributed by atoms with van der Waals surface area (Å²) in [5.41, 5.74) is 6.61. The molecule has 1 saturated carbocycles. The summed E-state index contributed by atoms with van der Waals surface area (Å²) in [7, 11) is 0. The molecular formula is C9H11ClN2O. The molecule has 0 radical (unpaired) electrons. The molecule has 70 valence electrons. The summed E-state index contributed by atoms with van der Waals surface area (Å²) < 4.78 is 0. The van der Waals surface area contributed by atoms with Gasteiger partial charge in [0.05, 0.1) is 0 Å². The number of rotatable bonds is 2. The van der Waals surface area contributed by atoms with Crippen LogP contribution >= 0.6 is 11.6 Å². The molecule has 1 aliphatic rings. The van der Waals surface area contributed by atoms with Crippen LogP contribution in [0, 0.1) is 5.92 Å². The predicted octanol–water partition coefficient (Wildman–Crippen LogP) is 1.44. The maximum atomic E-state index is 11.0. The molecule has 0 aromatic carbocycles. The van der Waals surface area contributed by atoms with E-state index in [4.69, 9.17) is 17.3 Å². The standard InChI is InChI=1S/C9H11ClN2O/c10-7-3-6(4-12-9(7)13)8(11)5-1-2-5/h3-5,8H,1-2,11H2,(H,12,13). The molecule has 1 aromatic heterocycles. The van der Waals surface area contributed by atoms with Crippen molar-refractivity contribution >= 4 is 11.6 Å². The summed E-state index contributed by atoms with van der Waals surface area (Å²) in [5, 5.41) is 0.216. The SMILES string of the molecule is NC(c1c[nH]c(=O)c(Cl)c1)C1CC1. The van der Waals surface area contributed by atoms with Crippen LogP contribution in [0.5, 0.6) is 0 Å². The lowest BCUT2D eigenvalue weighted by Crippen LogP contribution is -2.15. The van der Waals surface area contributed by atoms with Gasteiger partial charge in [-0.1, -0.05) is 11.6 Å². The Morgan fingerprint density at radius 2 is 2.31 bits per heavy atom. The molecule has 1 aromatic rings. The topological polar surface area (TPSA) is 58.9 Å². The fourth-order valence-electron chi connectivity index (χ4n) is 1.39. The molecule has 3 nitrogen and oxygen atoms in total. The molecule has 0 saturated heterocycles. The van der Waals surface area contributed by atoms with E-state index in [0.717, 1.165) is 5.56 Å². The van der Waals surface area contributed by atoms with Crippen molar-refractivity contribution < 1.29 is 0 Å². The Labute approximate surface area is 80.9 Å². The van der Waals surface area contributed by atoms with Gasteiger partial charge in [-0.2, -0.15) is 0 Å². The van der Waals surface area contributed by atoms with Crippen LogP contribution in [0.4, 0.5) is 0 Å². The minimum absolute atomic E-state index is 0.0225. The third-order valence-electron chi connectivity index (χ3n) is 2.40. The Morgan fingerprint density at radius 3 is 2.85 bits per heavy atom. The van der Waals surface area contributed by atoms with E-state index in [1.165, 1.54) is 12.8 Å². The molecule has 13 heavy (non-hydrogen) atoms. The first kappa shape index (κ1) is 8.78. The van der Waals surface area contributed by atoms with Gasteiger partial charge in [-0.3, -0.25) is 4.79 Å². The predicted molar refractivity (Wildman–Crippen MR) is 51.7 cm³/mol. The molecule has 2 rings (SSSR count). The van der Waals surface area contributed by atoms with Crippen LogP contribution in [0.1, 0.15) is 24.4 Å². The van der Waals surface area contributed by atoms with E-state index >= 15 is 0 Å². The number of halogens is 1. The zero-order valence-corrected chi connectivity index (χ0v) is 7.84. The van der Waals surface area contributed by atoms with Gasteiger partial charge in [-0.15, -0.1) is 0 Å². The van der Waals surface area contributed by atoms with Crippen molar-refractivity contribution in [1.82, 2.24) is 4.98 Å². The lowest BCUT2D eigenvalue weighted by Gasteiger charge is -2.09. The molecule has 0 amide bonds. The van der Waals surface area contributed by atoms with Crippen LogP contribution in [0.25, 0.3) is 0 Å². The average Bonchev–Trinajstić information content (AvgIpc) is 2.91. The highest BCUT2D eigenvalue weighted by Gasteiger charge is 2.29. The van der Waals surface area contributed by atoms with Gasteiger partial charge in [-0.05, 0) is 30.4 Å². The number of hydrogen-bond donors (Lipinski definition) is 2. The maximum Gasteiger partial charge on any atom is 0.266 e. The van der Waals surface area contributed by atoms with Gasteiger partial charge in [0.25, 0.3) is 5.56 Å². The van der Waals surface area contributed by atoms with Crippen LogP contribution in [-0.2, 0) is 0 Å². The van der Waals surface area contributed by atoms with Crippen molar-refractivity contribution in [2.75, 3.05) is 0 Å². The molecule has 1 fully saturated rings. The fourth-order valence-corrected chi connectivity index (χ4v) is 1.57. The molecule has 3 N–H and O–H groups in total. The quantitative estimate of drug-likeness (QED) is 0.756. The van der Waals surface area contributed by atoms with E-state index in [1.54, 1.807) is 12.3 Å². The highest BCUT2D eigenvalue weighted by atomic mass is 35.5. The number of aromatic amines is 1. The van der Waals surface area contributed by atoms with Crippen molar-refractivity contribution in [2.45, 2.75) is 18.9 Å². The minimum Gasteiger partial charge on any atom is -0.327 e. The zero-order chi connectivity index (χ0) is 9.42. The minimum atomic E-state index is -0.256. The Hall–Kier alpha value is -0.800. The van der Waals surface area contributed by atoms with Crippen molar-refractivity contribution in [3.05, 3.63) is 33.2 Å². The molecular weight excluding hydrogens is 188 g/mol. The Morgan fingerprint density at radius 1 is 1.62 bits per heavy atom. The van der Waals surface area contributed by atoms with Gasteiger partial charge >= 0.3 is 0 Å². The summed E-state index contributed by atoms with van der Waals surface area (Å²) in [5.74, 6) is 0.571. The molecule has 1 atom stereocenters. The van der Waals surface area contributed by atoms with Crippen molar-refractivity contribution in [3.8, 4) is 0 Å². The van der Waals surface area contributed by atoms with Crippen molar-refractivity contribution in [2.24, 2.45) is 11.7 Å². The van der Waals surface area contributed by atoms with Gasteiger partial charge in [0.2, 0.25) is 0 Å². The first-order chi connectivity index (χ1) is 6.18. The average molecular weight is 199 g/mol. The number of hydrogen-bond acceptors (Lipinski definition) is 2. The monoisotopic (exact) mass is 198 g/mol. The van der Waals surface area contributed by atoms with Crippen LogP contribution in [0.2, 0.25) is 5.02 Å². The summed E-state index contributed by atoms with van der Waals surface area (Å²) in [4.78, 5) is 13.5. The van der Waals surface area contributed by atoms with Crippen LogP contribution in [-0.4, -0.2) is 4.98 Å². The van der Waals surface area contributed by atoms with Crippen molar-refractivity contribution in [1.29, 1.82) is 0 Å². The number of nitrogens with two attached hydrogens (primary N) is 1. The van der Waals surface area contributed by atoms with E-state index < -0.39 is 0 Å². The lowest BCUT2D eigenvalue weighted by atomic mass is 10.1. The van der Waals surface area contributed by atoms with Gasteiger partial charge in [0.1, 0.15) is 5.02 Å². The van der Waals surface area contributed by atoms with Gasteiger partial charge in [-0.25, -0.2) is 0 Å². The summed E-state index contributed by atoms with van der Waals surface area (Å²) >= 11 is 5.68. The van der Waals surface area contributed by atoms with E-state index in [9.17, 15) is 4.79 Å².